The van der Waals surface area contributed by atoms with Crippen LogP contribution in [0.4, 0.5) is 0 Å². The summed E-state index contributed by atoms with van der Waals surface area (Å²) in [6, 6.07) is 0. The van der Waals surface area contributed by atoms with Gasteiger partial charge in [-0.05, 0) is 12.2 Å². The Morgan fingerprint density at radius 2 is 1.25 bits per heavy atom. The fourth-order valence-electron chi connectivity index (χ4n) is 1.13. The number of ether oxygens (including phenoxy) is 2. The second-order valence-electron chi connectivity index (χ2n) is 3.62. The third kappa shape index (κ3) is 1.76. The summed E-state index contributed by atoms with van der Waals surface area (Å²) in [6.07, 6.45) is 8.04. The molecule has 0 saturated carbocycles. The highest BCUT2D eigenvalue weighted by molar-refractivity contribution is 5.23. The van der Waals surface area contributed by atoms with E-state index in [4.69, 9.17) is 9.47 Å². The van der Waals surface area contributed by atoms with Crippen molar-refractivity contribution in [2.75, 3.05) is 14.2 Å². The van der Waals surface area contributed by atoms with Crippen LogP contribution in [0.1, 0.15) is 13.8 Å². The molecule has 0 spiro atoms. The second-order valence-corrected chi connectivity index (χ2v) is 3.62. The number of hydrogen-bond acceptors (Lipinski definition) is 2. The molecular formula is C10H16O2. The molecule has 0 aromatic carbocycles. The predicted molar refractivity (Wildman–Crippen MR) is 48.8 cm³/mol. The first-order valence-corrected chi connectivity index (χ1v) is 4.05. The highest BCUT2D eigenvalue weighted by Gasteiger charge is 2.28. The lowest BCUT2D eigenvalue weighted by molar-refractivity contribution is -0.135. The summed E-state index contributed by atoms with van der Waals surface area (Å²) < 4.78 is 10.5. The third-order valence-corrected chi connectivity index (χ3v) is 2.13. The van der Waals surface area contributed by atoms with Crippen molar-refractivity contribution in [3.63, 3.8) is 0 Å². The largest absolute Gasteiger partial charge is 0.346 e. The lowest BCUT2D eigenvalue weighted by Crippen LogP contribution is -2.31. The summed E-state index contributed by atoms with van der Waals surface area (Å²) in [4.78, 5) is 0. The molecule has 68 valence electrons. The van der Waals surface area contributed by atoms with Gasteiger partial charge in [0.25, 0.3) is 0 Å². The molecule has 0 heterocycles. The number of hydrogen-bond donors (Lipinski definition) is 0. The number of rotatable bonds is 2. The minimum Gasteiger partial charge on any atom is -0.346 e. The Hall–Kier alpha value is -0.600. The van der Waals surface area contributed by atoms with Gasteiger partial charge >= 0.3 is 0 Å². The van der Waals surface area contributed by atoms with E-state index in [1.807, 2.05) is 12.2 Å². The minimum atomic E-state index is -0.643. The zero-order valence-electron chi connectivity index (χ0n) is 8.13. The van der Waals surface area contributed by atoms with Crippen LogP contribution in [-0.4, -0.2) is 20.0 Å². The van der Waals surface area contributed by atoms with Crippen LogP contribution in [0.15, 0.2) is 24.3 Å². The van der Waals surface area contributed by atoms with E-state index in [2.05, 4.69) is 26.0 Å². The predicted octanol–water partition coefficient (Wildman–Crippen LogP) is 2.13. The van der Waals surface area contributed by atoms with Crippen LogP contribution in [-0.2, 0) is 9.47 Å². The quantitative estimate of drug-likeness (QED) is 0.464. The van der Waals surface area contributed by atoms with Gasteiger partial charge in [0.05, 0.1) is 0 Å². The van der Waals surface area contributed by atoms with Crippen molar-refractivity contribution in [3.8, 4) is 0 Å². The van der Waals surface area contributed by atoms with E-state index in [0.29, 0.717) is 0 Å². The molecule has 0 amide bonds. The van der Waals surface area contributed by atoms with Gasteiger partial charge in [-0.2, -0.15) is 0 Å². The van der Waals surface area contributed by atoms with Gasteiger partial charge in [0, 0.05) is 19.6 Å². The normalized spacial score (nSPS) is 24.3. The topological polar surface area (TPSA) is 18.5 Å². The molecule has 0 atom stereocenters. The van der Waals surface area contributed by atoms with E-state index in [0.717, 1.165) is 0 Å². The maximum atomic E-state index is 5.23. The van der Waals surface area contributed by atoms with Crippen molar-refractivity contribution in [1.82, 2.24) is 0 Å². The Morgan fingerprint density at radius 1 is 0.833 bits per heavy atom. The summed E-state index contributed by atoms with van der Waals surface area (Å²) in [7, 11) is 3.27. The second kappa shape index (κ2) is 3.04. The van der Waals surface area contributed by atoms with E-state index >= 15 is 0 Å². The number of allylic oxidation sites excluding steroid dienone is 2. The maximum absolute atomic E-state index is 5.23. The molecule has 1 aliphatic rings. The van der Waals surface area contributed by atoms with Crippen molar-refractivity contribution in [2.45, 2.75) is 19.6 Å². The Labute approximate surface area is 73.9 Å². The molecule has 0 radical (unpaired) electrons. The molecule has 0 unspecified atom stereocenters. The summed E-state index contributed by atoms with van der Waals surface area (Å²) in [5.74, 6) is -0.643. The summed E-state index contributed by atoms with van der Waals surface area (Å²) in [5.41, 5.74) is 0.112. The molecule has 0 saturated heterocycles. The average molecular weight is 168 g/mol. The summed E-state index contributed by atoms with van der Waals surface area (Å²) >= 11 is 0. The molecule has 0 aromatic rings. The molecule has 0 fully saturated rings. The molecular weight excluding hydrogens is 152 g/mol. The Bertz CT molecular complexity index is 192. The Morgan fingerprint density at radius 3 is 1.58 bits per heavy atom. The van der Waals surface area contributed by atoms with Gasteiger partial charge in [-0.3, -0.25) is 0 Å². The van der Waals surface area contributed by atoms with E-state index in [-0.39, 0.29) is 5.41 Å². The fraction of sp³-hybridized carbons (Fsp3) is 0.600. The smallest absolute Gasteiger partial charge is 0.207 e. The molecule has 12 heavy (non-hydrogen) atoms. The van der Waals surface area contributed by atoms with Crippen molar-refractivity contribution >= 4 is 0 Å². The van der Waals surface area contributed by atoms with Crippen LogP contribution in [0, 0.1) is 5.41 Å². The van der Waals surface area contributed by atoms with Gasteiger partial charge in [0.1, 0.15) is 0 Å². The van der Waals surface area contributed by atoms with E-state index < -0.39 is 5.79 Å². The average Bonchev–Trinajstić information content (AvgIpc) is 2.06. The van der Waals surface area contributed by atoms with Crippen molar-refractivity contribution in [2.24, 2.45) is 5.41 Å². The molecule has 2 nitrogen and oxygen atoms in total. The molecule has 2 heteroatoms. The monoisotopic (exact) mass is 168 g/mol. The molecule has 0 bridgehead atoms. The van der Waals surface area contributed by atoms with Gasteiger partial charge in [0.2, 0.25) is 5.79 Å². The van der Waals surface area contributed by atoms with Crippen LogP contribution in [0.2, 0.25) is 0 Å². The van der Waals surface area contributed by atoms with Gasteiger partial charge in [-0.15, -0.1) is 0 Å². The first-order chi connectivity index (χ1) is 5.54. The maximum Gasteiger partial charge on any atom is 0.207 e. The Balaban J connectivity index is 2.83. The number of methoxy groups -OCH3 is 2. The molecule has 1 rings (SSSR count). The molecule has 0 aliphatic heterocycles. The Kier molecular flexibility index (Phi) is 2.40. The van der Waals surface area contributed by atoms with Gasteiger partial charge in [0.15, 0.2) is 0 Å². The fourth-order valence-corrected chi connectivity index (χ4v) is 1.13. The van der Waals surface area contributed by atoms with Gasteiger partial charge < -0.3 is 9.47 Å². The van der Waals surface area contributed by atoms with E-state index in [1.54, 1.807) is 14.2 Å². The van der Waals surface area contributed by atoms with Crippen LogP contribution in [0.3, 0.4) is 0 Å². The molecule has 0 N–H and O–H groups in total. The summed E-state index contributed by atoms with van der Waals surface area (Å²) in [6.45, 7) is 4.27. The van der Waals surface area contributed by atoms with Crippen LogP contribution < -0.4 is 0 Å². The standard InChI is InChI=1S/C10H16O2/c1-9(2)5-7-10(11-3,12-4)8-6-9/h5-8H,1-4H3. The van der Waals surface area contributed by atoms with Crippen LogP contribution in [0.25, 0.3) is 0 Å². The molecule has 1 aliphatic carbocycles. The highest BCUT2D eigenvalue weighted by Crippen LogP contribution is 2.29. The van der Waals surface area contributed by atoms with Crippen molar-refractivity contribution in [1.29, 1.82) is 0 Å². The van der Waals surface area contributed by atoms with Crippen LogP contribution in [0.5, 0.6) is 0 Å². The zero-order valence-corrected chi connectivity index (χ0v) is 8.13. The van der Waals surface area contributed by atoms with E-state index in [9.17, 15) is 0 Å². The molecule has 0 aromatic heterocycles. The van der Waals surface area contributed by atoms with Gasteiger partial charge in [-0.1, -0.05) is 26.0 Å². The first kappa shape index (κ1) is 9.49. The van der Waals surface area contributed by atoms with Crippen molar-refractivity contribution < 1.29 is 9.47 Å². The van der Waals surface area contributed by atoms with Crippen molar-refractivity contribution in [3.05, 3.63) is 24.3 Å². The first-order valence-electron chi connectivity index (χ1n) is 4.05. The minimum absolute atomic E-state index is 0.112. The zero-order chi connectivity index (χ0) is 9.24. The van der Waals surface area contributed by atoms with E-state index in [1.165, 1.54) is 0 Å². The summed E-state index contributed by atoms with van der Waals surface area (Å²) in [5, 5.41) is 0. The highest BCUT2D eigenvalue weighted by atomic mass is 16.7. The third-order valence-electron chi connectivity index (χ3n) is 2.13. The lowest BCUT2D eigenvalue weighted by Gasteiger charge is -2.30. The van der Waals surface area contributed by atoms with Gasteiger partial charge in [-0.25, -0.2) is 0 Å². The van der Waals surface area contributed by atoms with Crippen LogP contribution >= 0.6 is 0 Å². The lowest BCUT2D eigenvalue weighted by atomic mass is 9.87. The SMILES string of the molecule is COC1(OC)C=CC(C)(C)C=C1.